The molecule has 1 aliphatic rings. The van der Waals surface area contributed by atoms with E-state index >= 15 is 0 Å². The summed E-state index contributed by atoms with van der Waals surface area (Å²) in [5, 5.41) is 7.82. The summed E-state index contributed by atoms with van der Waals surface area (Å²) in [6.45, 7) is 3.81. The Labute approximate surface area is 191 Å². The van der Waals surface area contributed by atoms with Crippen molar-refractivity contribution in [2.45, 2.75) is 35.8 Å². The van der Waals surface area contributed by atoms with Crippen molar-refractivity contribution in [1.82, 2.24) is 10.5 Å². The summed E-state index contributed by atoms with van der Waals surface area (Å²) in [5.41, 5.74) is 2.55. The number of halogens is 1. The predicted molar refractivity (Wildman–Crippen MR) is 123 cm³/mol. The number of ether oxygens (including phenoxy) is 1. The summed E-state index contributed by atoms with van der Waals surface area (Å²) in [7, 11) is 0. The van der Waals surface area contributed by atoms with E-state index in [-0.39, 0.29) is 11.3 Å². The molecule has 162 valence electrons. The van der Waals surface area contributed by atoms with Gasteiger partial charge in [0.25, 0.3) is 5.91 Å². The molecule has 0 aliphatic carbocycles. The van der Waals surface area contributed by atoms with Gasteiger partial charge in [-0.05, 0) is 49.6 Å². The first-order valence-corrected chi connectivity index (χ1v) is 11.7. The third-order valence-corrected chi connectivity index (χ3v) is 7.02. The Bertz CT molecular complexity index is 1030. The van der Waals surface area contributed by atoms with Crippen LogP contribution >= 0.6 is 23.4 Å². The minimum absolute atomic E-state index is 0.0725. The van der Waals surface area contributed by atoms with E-state index in [1.807, 2.05) is 49.4 Å². The minimum atomic E-state index is -0.155. The molecule has 0 spiro atoms. The van der Waals surface area contributed by atoms with E-state index in [1.54, 1.807) is 11.8 Å². The topological polar surface area (TPSA) is 64.4 Å². The average Bonchev–Trinajstić information content (AvgIpc) is 3.22. The van der Waals surface area contributed by atoms with Gasteiger partial charge in [0.1, 0.15) is 5.76 Å². The van der Waals surface area contributed by atoms with Gasteiger partial charge in [0.2, 0.25) is 0 Å². The van der Waals surface area contributed by atoms with Gasteiger partial charge in [0.05, 0.1) is 17.0 Å². The summed E-state index contributed by atoms with van der Waals surface area (Å²) >= 11 is 7.66. The molecular weight excluding hydrogens is 432 g/mol. The van der Waals surface area contributed by atoms with E-state index in [4.69, 9.17) is 20.9 Å². The molecule has 1 aromatic heterocycles. The zero-order valence-electron chi connectivity index (χ0n) is 17.4. The number of hydrogen-bond acceptors (Lipinski definition) is 5. The van der Waals surface area contributed by atoms with Crippen LogP contribution in [0.1, 0.15) is 40.2 Å². The summed E-state index contributed by atoms with van der Waals surface area (Å²) in [6, 6.07) is 17.5. The molecule has 7 heteroatoms. The second-order valence-electron chi connectivity index (χ2n) is 7.80. The molecule has 1 amide bonds. The third kappa shape index (κ3) is 5.32. The quantitative estimate of drug-likeness (QED) is 0.482. The number of amides is 1. The van der Waals surface area contributed by atoms with E-state index in [1.165, 1.54) is 5.56 Å². The van der Waals surface area contributed by atoms with Crippen LogP contribution in [-0.2, 0) is 15.9 Å². The smallest absolute Gasteiger partial charge is 0.252 e. The molecule has 1 aliphatic heterocycles. The number of nitrogens with zero attached hydrogens (tertiary/aromatic N) is 1. The highest BCUT2D eigenvalue weighted by atomic mass is 35.5. The standard InChI is InChI=1S/C24H25ClN2O3S/c1-17-14-20(30-27-17)15-31-22-5-3-2-4-21(22)23(28)26-16-24(10-12-29-13-11-24)18-6-8-19(25)9-7-18/h2-9,14H,10-13,15-16H2,1H3,(H,26,28). The molecule has 4 rings (SSSR count). The zero-order chi connectivity index (χ0) is 21.7. The summed E-state index contributed by atoms with van der Waals surface area (Å²) in [6.07, 6.45) is 1.71. The number of aromatic nitrogens is 1. The number of rotatable bonds is 7. The predicted octanol–water partition coefficient (Wildman–Crippen LogP) is 5.41. The number of benzene rings is 2. The van der Waals surface area contributed by atoms with Crippen LogP contribution in [0.5, 0.6) is 0 Å². The van der Waals surface area contributed by atoms with Crippen molar-refractivity contribution >= 4 is 29.3 Å². The van der Waals surface area contributed by atoms with E-state index < -0.39 is 0 Å². The SMILES string of the molecule is Cc1cc(CSc2ccccc2C(=O)NCC2(c3ccc(Cl)cc3)CCOCC2)on1. The lowest BCUT2D eigenvalue weighted by atomic mass is 9.74. The first-order chi connectivity index (χ1) is 15.1. The highest BCUT2D eigenvalue weighted by molar-refractivity contribution is 7.98. The zero-order valence-corrected chi connectivity index (χ0v) is 19.0. The highest BCUT2D eigenvalue weighted by Gasteiger charge is 2.35. The molecule has 0 saturated carbocycles. The van der Waals surface area contributed by atoms with Crippen molar-refractivity contribution in [3.8, 4) is 0 Å². The molecule has 5 nitrogen and oxygen atoms in total. The Morgan fingerprint density at radius 3 is 2.61 bits per heavy atom. The van der Waals surface area contributed by atoms with Gasteiger partial charge in [-0.1, -0.05) is 41.0 Å². The third-order valence-electron chi connectivity index (χ3n) is 5.67. The van der Waals surface area contributed by atoms with Gasteiger partial charge in [-0.2, -0.15) is 0 Å². The van der Waals surface area contributed by atoms with Gasteiger partial charge in [-0.15, -0.1) is 11.8 Å². The van der Waals surface area contributed by atoms with Gasteiger partial charge in [-0.3, -0.25) is 4.79 Å². The van der Waals surface area contributed by atoms with Crippen LogP contribution in [0.15, 0.2) is 64.0 Å². The maximum atomic E-state index is 13.1. The minimum Gasteiger partial charge on any atom is -0.381 e. The summed E-state index contributed by atoms with van der Waals surface area (Å²) in [4.78, 5) is 14.1. The number of aryl methyl sites for hydroxylation is 1. The number of carbonyl (C=O) groups is 1. The van der Waals surface area contributed by atoms with E-state index in [9.17, 15) is 4.79 Å². The van der Waals surface area contributed by atoms with E-state index in [0.717, 1.165) is 29.2 Å². The molecule has 0 unspecified atom stereocenters. The average molecular weight is 457 g/mol. The molecule has 1 saturated heterocycles. The Morgan fingerprint density at radius 1 is 1.16 bits per heavy atom. The fourth-order valence-electron chi connectivity index (χ4n) is 3.89. The van der Waals surface area contributed by atoms with Gasteiger partial charge in [-0.25, -0.2) is 0 Å². The van der Waals surface area contributed by atoms with Crippen molar-refractivity contribution in [3.63, 3.8) is 0 Å². The molecule has 0 bridgehead atoms. The van der Waals surface area contributed by atoms with Crippen molar-refractivity contribution in [2.75, 3.05) is 19.8 Å². The van der Waals surface area contributed by atoms with Crippen LogP contribution < -0.4 is 5.32 Å². The van der Waals surface area contributed by atoms with Crippen LogP contribution in [-0.4, -0.2) is 30.8 Å². The van der Waals surface area contributed by atoms with Crippen molar-refractivity contribution in [3.05, 3.63) is 82.2 Å². The fraction of sp³-hybridized carbons (Fsp3) is 0.333. The molecule has 1 N–H and O–H groups in total. The largest absolute Gasteiger partial charge is 0.381 e. The van der Waals surface area contributed by atoms with Gasteiger partial charge >= 0.3 is 0 Å². The normalized spacial score (nSPS) is 15.5. The lowest BCUT2D eigenvalue weighted by molar-refractivity contribution is 0.0487. The fourth-order valence-corrected chi connectivity index (χ4v) is 4.94. The van der Waals surface area contributed by atoms with Crippen LogP contribution in [0.25, 0.3) is 0 Å². The Hall–Kier alpha value is -2.28. The monoisotopic (exact) mass is 456 g/mol. The van der Waals surface area contributed by atoms with Crippen molar-refractivity contribution in [2.24, 2.45) is 0 Å². The number of hydrogen-bond donors (Lipinski definition) is 1. The number of thioether (sulfide) groups is 1. The van der Waals surface area contributed by atoms with E-state index in [2.05, 4.69) is 22.6 Å². The highest BCUT2D eigenvalue weighted by Crippen LogP contribution is 2.35. The molecule has 2 aromatic carbocycles. The molecule has 31 heavy (non-hydrogen) atoms. The van der Waals surface area contributed by atoms with Crippen molar-refractivity contribution < 1.29 is 14.1 Å². The maximum absolute atomic E-state index is 13.1. The maximum Gasteiger partial charge on any atom is 0.252 e. The molecule has 0 radical (unpaired) electrons. The molecule has 3 aromatic rings. The van der Waals surface area contributed by atoms with Crippen LogP contribution in [0.3, 0.4) is 0 Å². The molecular formula is C24H25ClN2O3S. The van der Waals surface area contributed by atoms with Gasteiger partial charge in [0.15, 0.2) is 0 Å². The van der Waals surface area contributed by atoms with Crippen molar-refractivity contribution in [1.29, 1.82) is 0 Å². The second-order valence-corrected chi connectivity index (χ2v) is 9.26. The number of nitrogens with one attached hydrogen (secondary N) is 1. The second kappa shape index (κ2) is 9.90. The van der Waals surface area contributed by atoms with Crippen LogP contribution in [0, 0.1) is 6.92 Å². The molecule has 2 heterocycles. The molecule has 1 fully saturated rings. The Kier molecular flexibility index (Phi) is 7.00. The van der Waals surface area contributed by atoms with Crippen LogP contribution in [0.2, 0.25) is 5.02 Å². The number of carbonyl (C=O) groups excluding carboxylic acids is 1. The Morgan fingerprint density at radius 2 is 1.90 bits per heavy atom. The van der Waals surface area contributed by atoms with Gasteiger partial charge in [0, 0.05) is 41.2 Å². The summed E-state index contributed by atoms with van der Waals surface area (Å²) in [5.74, 6) is 1.34. The van der Waals surface area contributed by atoms with E-state index in [0.29, 0.717) is 36.1 Å². The van der Waals surface area contributed by atoms with Gasteiger partial charge < -0.3 is 14.6 Å². The lowest BCUT2D eigenvalue weighted by Crippen LogP contribution is -2.44. The van der Waals surface area contributed by atoms with Crippen LogP contribution in [0.4, 0.5) is 0 Å². The summed E-state index contributed by atoms with van der Waals surface area (Å²) < 4.78 is 10.9. The first kappa shape index (κ1) is 21.9. The lowest BCUT2D eigenvalue weighted by Gasteiger charge is -2.38. The first-order valence-electron chi connectivity index (χ1n) is 10.3. The molecule has 0 atom stereocenters. The Balaban J connectivity index is 1.47.